The lowest BCUT2D eigenvalue weighted by molar-refractivity contribution is 0.385. The molecule has 0 bridgehead atoms. The first-order valence-corrected chi connectivity index (χ1v) is 6.55. The van der Waals surface area contributed by atoms with Crippen molar-refractivity contribution in [1.29, 1.82) is 0 Å². The summed E-state index contributed by atoms with van der Waals surface area (Å²) in [6.07, 6.45) is 0.512. The minimum absolute atomic E-state index is 0.278. The van der Waals surface area contributed by atoms with E-state index in [9.17, 15) is 4.39 Å². The highest BCUT2D eigenvalue weighted by molar-refractivity contribution is 5.59. The number of aromatic nitrogens is 2. The number of benzene rings is 2. The number of nitrogens with zero attached hydrogens (tertiary/aromatic N) is 2. The van der Waals surface area contributed by atoms with Crippen LogP contribution in [-0.2, 0) is 6.42 Å². The van der Waals surface area contributed by atoms with Gasteiger partial charge in [-0.15, -0.1) is 0 Å². The quantitative estimate of drug-likeness (QED) is 0.748. The maximum Gasteiger partial charge on any atom is 0.231 e. The van der Waals surface area contributed by atoms with E-state index in [0.717, 1.165) is 16.7 Å². The molecule has 0 spiro atoms. The number of halogens is 1. The number of nitrogens with two attached hydrogens (primary N) is 1. The molecule has 1 heterocycles. The zero-order chi connectivity index (χ0) is 14.8. The lowest BCUT2D eigenvalue weighted by atomic mass is 10.1. The third-order valence-electron chi connectivity index (χ3n) is 3.20. The standard InChI is InChI=1S/C16H14FN3O/c1-10-7-12(17)5-6-14(10)16-19-15(21-20-16)9-11-3-2-4-13(18)8-11/h2-8H,9,18H2,1H3. The molecule has 4 nitrogen and oxygen atoms in total. The maximum absolute atomic E-state index is 13.1. The Balaban J connectivity index is 1.86. The molecule has 0 saturated heterocycles. The molecule has 0 aliphatic heterocycles. The van der Waals surface area contributed by atoms with Crippen molar-refractivity contribution in [2.45, 2.75) is 13.3 Å². The summed E-state index contributed by atoms with van der Waals surface area (Å²) in [4.78, 5) is 4.35. The van der Waals surface area contributed by atoms with Crippen molar-refractivity contribution in [2.24, 2.45) is 0 Å². The van der Waals surface area contributed by atoms with Crippen molar-refractivity contribution < 1.29 is 8.91 Å². The van der Waals surface area contributed by atoms with E-state index in [1.807, 2.05) is 31.2 Å². The average Bonchev–Trinajstić information content (AvgIpc) is 2.87. The Kier molecular flexibility index (Phi) is 3.39. The summed E-state index contributed by atoms with van der Waals surface area (Å²) >= 11 is 0. The lowest BCUT2D eigenvalue weighted by Gasteiger charge is -2.00. The molecule has 0 unspecified atom stereocenters. The van der Waals surface area contributed by atoms with Crippen LogP contribution in [0.4, 0.5) is 10.1 Å². The minimum Gasteiger partial charge on any atom is -0.399 e. The summed E-state index contributed by atoms with van der Waals surface area (Å²) in [6.45, 7) is 1.81. The number of rotatable bonds is 3. The van der Waals surface area contributed by atoms with Crippen LogP contribution in [0.1, 0.15) is 17.0 Å². The first-order valence-electron chi connectivity index (χ1n) is 6.55. The van der Waals surface area contributed by atoms with Crippen molar-refractivity contribution in [3.8, 4) is 11.4 Å². The van der Waals surface area contributed by atoms with Gasteiger partial charge in [-0.1, -0.05) is 17.3 Å². The first kappa shape index (κ1) is 13.3. The van der Waals surface area contributed by atoms with Crippen molar-refractivity contribution >= 4 is 5.69 Å². The van der Waals surface area contributed by atoms with Gasteiger partial charge in [-0.05, 0) is 48.4 Å². The predicted molar refractivity (Wildman–Crippen MR) is 78.1 cm³/mol. The van der Waals surface area contributed by atoms with E-state index < -0.39 is 0 Å². The number of nitrogen functional groups attached to an aromatic ring is 1. The summed E-state index contributed by atoms with van der Waals surface area (Å²) in [6, 6.07) is 12.0. The third-order valence-corrected chi connectivity index (χ3v) is 3.20. The first-order chi connectivity index (χ1) is 10.1. The van der Waals surface area contributed by atoms with Crippen molar-refractivity contribution in [2.75, 3.05) is 5.73 Å². The second-order valence-corrected chi connectivity index (χ2v) is 4.89. The molecular weight excluding hydrogens is 269 g/mol. The van der Waals surface area contributed by atoms with E-state index in [4.69, 9.17) is 10.3 Å². The van der Waals surface area contributed by atoms with Crippen LogP contribution in [0.5, 0.6) is 0 Å². The molecule has 0 atom stereocenters. The fourth-order valence-corrected chi connectivity index (χ4v) is 2.19. The van der Waals surface area contributed by atoms with E-state index in [2.05, 4.69) is 10.1 Å². The third kappa shape index (κ3) is 2.91. The second-order valence-electron chi connectivity index (χ2n) is 4.89. The van der Waals surface area contributed by atoms with E-state index in [-0.39, 0.29) is 5.82 Å². The molecule has 21 heavy (non-hydrogen) atoms. The summed E-state index contributed by atoms with van der Waals surface area (Å²) in [5, 5.41) is 3.96. The fraction of sp³-hybridized carbons (Fsp3) is 0.125. The molecule has 0 aliphatic carbocycles. The summed E-state index contributed by atoms with van der Waals surface area (Å²) in [5.41, 5.74) is 8.97. The zero-order valence-corrected chi connectivity index (χ0v) is 11.5. The molecule has 0 amide bonds. The van der Waals surface area contributed by atoms with Crippen LogP contribution in [0, 0.1) is 12.7 Å². The van der Waals surface area contributed by atoms with E-state index in [1.54, 1.807) is 6.07 Å². The van der Waals surface area contributed by atoms with E-state index in [1.165, 1.54) is 12.1 Å². The predicted octanol–water partition coefficient (Wildman–Crippen LogP) is 3.36. The average molecular weight is 283 g/mol. The summed E-state index contributed by atoms with van der Waals surface area (Å²) in [7, 11) is 0. The van der Waals surface area contributed by atoms with Crippen LogP contribution in [0.2, 0.25) is 0 Å². The largest absolute Gasteiger partial charge is 0.399 e. The molecule has 1 aromatic heterocycles. The van der Waals surface area contributed by atoms with E-state index in [0.29, 0.717) is 23.8 Å². The molecule has 5 heteroatoms. The molecular formula is C16H14FN3O. The summed E-state index contributed by atoms with van der Waals surface area (Å²) < 4.78 is 18.4. The van der Waals surface area contributed by atoms with Crippen molar-refractivity contribution in [3.05, 3.63) is 65.3 Å². The SMILES string of the molecule is Cc1cc(F)ccc1-c1noc(Cc2cccc(N)c2)n1. The highest BCUT2D eigenvalue weighted by Gasteiger charge is 2.12. The van der Waals surface area contributed by atoms with Crippen LogP contribution >= 0.6 is 0 Å². The van der Waals surface area contributed by atoms with Gasteiger partial charge in [0.2, 0.25) is 11.7 Å². The molecule has 0 radical (unpaired) electrons. The van der Waals surface area contributed by atoms with Gasteiger partial charge in [0, 0.05) is 11.3 Å². The highest BCUT2D eigenvalue weighted by Crippen LogP contribution is 2.22. The van der Waals surface area contributed by atoms with Crippen LogP contribution < -0.4 is 5.73 Å². The van der Waals surface area contributed by atoms with Crippen molar-refractivity contribution in [3.63, 3.8) is 0 Å². The van der Waals surface area contributed by atoms with Gasteiger partial charge in [0.25, 0.3) is 0 Å². The van der Waals surface area contributed by atoms with Gasteiger partial charge in [0.15, 0.2) is 0 Å². The normalized spacial score (nSPS) is 10.8. The Morgan fingerprint density at radius 2 is 2.05 bits per heavy atom. The van der Waals surface area contributed by atoms with Gasteiger partial charge >= 0.3 is 0 Å². The van der Waals surface area contributed by atoms with Crippen molar-refractivity contribution in [1.82, 2.24) is 10.1 Å². The van der Waals surface area contributed by atoms with Gasteiger partial charge in [-0.2, -0.15) is 4.98 Å². The zero-order valence-electron chi connectivity index (χ0n) is 11.5. The van der Waals surface area contributed by atoms with Gasteiger partial charge < -0.3 is 10.3 Å². The second kappa shape index (κ2) is 5.36. The molecule has 106 valence electrons. The minimum atomic E-state index is -0.278. The number of hydrogen-bond donors (Lipinski definition) is 1. The molecule has 3 rings (SSSR count). The number of hydrogen-bond acceptors (Lipinski definition) is 4. The molecule has 3 aromatic rings. The Labute approximate surface area is 121 Å². The number of aryl methyl sites for hydroxylation is 1. The lowest BCUT2D eigenvalue weighted by Crippen LogP contribution is -1.92. The Bertz CT molecular complexity index is 783. The van der Waals surface area contributed by atoms with Gasteiger partial charge in [-0.25, -0.2) is 4.39 Å². The fourth-order valence-electron chi connectivity index (χ4n) is 2.19. The Morgan fingerprint density at radius 3 is 2.81 bits per heavy atom. The topological polar surface area (TPSA) is 64.9 Å². The molecule has 0 saturated carbocycles. The van der Waals surface area contributed by atoms with Crippen LogP contribution in [0.25, 0.3) is 11.4 Å². The van der Waals surface area contributed by atoms with Crippen LogP contribution in [0.3, 0.4) is 0 Å². The molecule has 0 fully saturated rings. The maximum atomic E-state index is 13.1. The molecule has 0 aliphatic rings. The smallest absolute Gasteiger partial charge is 0.231 e. The molecule has 2 N–H and O–H groups in total. The summed E-state index contributed by atoms with van der Waals surface area (Å²) in [5.74, 6) is 0.686. The van der Waals surface area contributed by atoms with Gasteiger partial charge in [0.05, 0.1) is 6.42 Å². The van der Waals surface area contributed by atoms with Gasteiger partial charge in [-0.3, -0.25) is 0 Å². The monoisotopic (exact) mass is 283 g/mol. The highest BCUT2D eigenvalue weighted by atomic mass is 19.1. The van der Waals surface area contributed by atoms with Crippen LogP contribution in [-0.4, -0.2) is 10.1 Å². The number of anilines is 1. The van der Waals surface area contributed by atoms with Gasteiger partial charge in [0.1, 0.15) is 5.82 Å². The van der Waals surface area contributed by atoms with E-state index >= 15 is 0 Å². The van der Waals surface area contributed by atoms with Crippen LogP contribution in [0.15, 0.2) is 47.0 Å². The Hall–Kier alpha value is -2.69. The Morgan fingerprint density at radius 1 is 1.19 bits per heavy atom. The molecule has 2 aromatic carbocycles.